The first-order chi connectivity index (χ1) is 11.7. The van der Waals surface area contributed by atoms with Crippen LogP contribution in [0, 0.1) is 0 Å². The highest BCUT2D eigenvalue weighted by molar-refractivity contribution is 6.13. The van der Waals surface area contributed by atoms with Crippen LogP contribution in [0.3, 0.4) is 0 Å². The van der Waals surface area contributed by atoms with Gasteiger partial charge in [0.05, 0.1) is 0 Å². The second kappa shape index (κ2) is 12.2. The summed E-state index contributed by atoms with van der Waals surface area (Å²) in [7, 11) is -0.750. The largest absolute Gasteiger partial charge is 0.508 e. The minimum Gasteiger partial charge on any atom is -0.508 e. The summed E-state index contributed by atoms with van der Waals surface area (Å²) in [6, 6.07) is 12.9. The Hall–Kier alpha value is -2.22. The first-order valence-electron chi connectivity index (χ1n) is 7.71. The van der Waals surface area contributed by atoms with Crippen LogP contribution in [0.1, 0.15) is 19.3 Å². The molecule has 1 aliphatic heterocycles. The predicted octanol–water partition coefficient (Wildman–Crippen LogP) is 2.31. The Bertz CT molecular complexity index is 485. The van der Waals surface area contributed by atoms with Crippen LogP contribution < -0.4 is 4.74 Å². The summed E-state index contributed by atoms with van der Waals surface area (Å²) in [5.74, 6) is 1.68. The van der Waals surface area contributed by atoms with Crippen molar-refractivity contribution in [3.05, 3.63) is 48.5 Å². The fourth-order valence-electron chi connectivity index (χ4n) is 1.85. The maximum Gasteiger partial charge on any atom is 0.432 e. The van der Waals surface area contributed by atoms with Crippen molar-refractivity contribution in [3.8, 4) is 23.0 Å². The van der Waals surface area contributed by atoms with E-state index in [4.69, 9.17) is 29.7 Å². The molecule has 0 unspecified atom stereocenters. The lowest BCUT2D eigenvalue weighted by molar-refractivity contribution is 0.0968. The number of ether oxygens (including phenoxy) is 2. The molecule has 0 radical (unpaired) electrons. The zero-order chi connectivity index (χ0) is 17.6. The lowest BCUT2D eigenvalue weighted by Crippen LogP contribution is -2.03. The van der Waals surface area contributed by atoms with Crippen molar-refractivity contribution >= 4 is 7.69 Å². The van der Waals surface area contributed by atoms with Gasteiger partial charge in [-0.05, 0) is 67.8 Å². The molecule has 24 heavy (non-hydrogen) atoms. The van der Waals surface area contributed by atoms with E-state index in [1.54, 1.807) is 48.5 Å². The van der Waals surface area contributed by atoms with Gasteiger partial charge in [-0.1, -0.05) is 0 Å². The van der Waals surface area contributed by atoms with E-state index in [1.165, 1.54) is 19.3 Å². The minimum absolute atomic E-state index is 0.202. The Balaban J connectivity index is 0.000000265. The standard InChI is InChI=1S/C12H10O3.C5H10O.BH3O2/c13-9-1-5-11(6-2-9)15-12-7-3-10(14)4-8-12;1-2-4-6-5-3-1;2-1-3/h1-8,13-14H;1-5H2;1-3H. The summed E-state index contributed by atoms with van der Waals surface area (Å²) in [5, 5.41) is 32.4. The molecule has 0 amide bonds. The number of hydrogen-bond acceptors (Lipinski definition) is 6. The lowest BCUT2D eigenvalue weighted by Gasteiger charge is -2.08. The Morgan fingerprint density at radius 3 is 1.33 bits per heavy atom. The van der Waals surface area contributed by atoms with Gasteiger partial charge in [0.15, 0.2) is 0 Å². The van der Waals surface area contributed by atoms with Crippen LogP contribution in [0.2, 0.25) is 0 Å². The van der Waals surface area contributed by atoms with E-state index in [0.717, 1.165) is 13.2 Å². The van der Waals surface area contributed by atoms with Gasteiger partial charge in [-0.15, -0.1) is 0 Å². The SMILES string of the molecule is C1CCOCC1.OBO.Oc1ccc(Oc2ccc(O)cc2)cc1. The van der Waals surface area contributed by atoms with Crippen LogP contribution in [0.5, 0.6) is 23.0 Å². The molecule has 7 heteroatoms. The van der Waals surface area contributed by atoms with Crippen LogP contribution in [0.4, 0.5) is 0 Å². The second-order valence-electron chi connectivity index (χ2n) is 4.90. The average Bonchev–Trinajstić information content (AvgIpc) is 2.62. The van der Waals surface area contributed by atoms with E-state index in [9.17, 15) is 0 Å². The Morgan fingerprint density at radius 1 is 0.708 bits per heavy atom. The van der Waals surface area contributed by atoms with Crippen LogP contribution in [-0.4, -0.2) is 41.2 Å². The van der Waals surface area contributed by atoms with Crippen molar-refractivity contribution in [3.63, 3.8) is 0 Å². The summed E-state index contributed by atoms with van der Waals surface area (Å²) in [6.07, 6.45) is 3.93. The fourth-order valence-corrected chi connectivity index (χ4v) is 1.85. The highest BCUT2D eigenvalue weighted by Crippen LogP contribution is 2.24. The molecular formula is C17H23BO6. The third-order valence-electron chi connectivity index (χ3n) is 2.99. The summed E-state index contributed by atoms with van der Waals surface area (Å²) < 4.78 is 10.5. The summed E-state index contributed by atoms with van der Waals surface area (Å²) in [6.45, 7) is 2.00. The molecule has 0 saturated carbocycles. The monoisotopic (exact) mass is 334 g/mol. The van der Waals surface area contributed by atoms with Crippen molar-refractivity contribution < 1.29 is 29.7 Å². The van der Waals surface area contributed by atoms with Gasteiger partial charge in [-0.2, -0.15) is 0 Å². The summed E-state index contributed by atoms with van der Waals surface area (Å²) in [5.41, 5.74) is 0. The normalized spacial score (nSPS) is 12.8. The molecular weight excluding hydrogens is 311 g/mol. The molecule has 4 N–H and O–H groups in total. The van der Waals surface area contributed by atoms with Crippen molar-refractivity contribution in [1.29, 1.82) is 0 Å². The molecule has 1 aliphatic rings. The number of hydrogen-bond donors (Lipinski definition) is 4. The number of phenols is 2. The smallest absolute Gasteiger partial charge is 0.432 e. The number of benzene rings is 2. The Kier molecular flexibility index (Phi) is 10.1. The minimum atomic E-state index is -0.750. The van der Waals surface area contributed by atoms with E-state index >= 15 is 0 Å². The first kappa shape index (κ1) is 19.8. The lowest BCUT2D eigenvalue weighted by atomic mass is 10.2. The molecule has 6 nitrogen and oxygen atoms in total. The average molecular weight is 334 g/mol. The van der Waals surface area contributed by atoms with E-state index in [1.807, 2.05) is 0 Å². The Morgan fingerprint density at radius 2 is 1.08 bits per heavy atom. The van der Waals surface area contributed by atoms with E-state index in [-0.39, 0.29) is 11.5 Å². The van der Waals surface area contributed by atoms with Crippen molar-refractivity contribution in [2.24, 2.45) is 0 Å². The van der Waals surface area contributed by atoms with Gasteiger partial charge >= 0.3 is 7.69 Å². The summed E-state index contributed by atoms with van der Waals surface area (Å²) in [4.78, 5) is 0. The van der Waals surface area contributed by atoms with Crippen molar-refractivity contribution in [1.82, 2.24) is 0 Å². The topological polar surface area (TPSA) is 99.4 Å². The molecule has 2 aromatic rings. The quantitative estimate of drug-likeness (QED) is 0.629. The van der Waals surface area contributed by atoms with Gasteiger partial charge in [0.2, 0.25) is 0 Å². The molecule has 3 rings (SSSR count). The van der Waals surface area contributed by atoms with E-state index < -0.39 is 7.69 Å². The van der Waals surface area contributed by atoms with Crippen LogP contribution >= 0.6 is 0 Å². The van der Waals surface area contributed by atoms with Crippen molar-refractivity contribution in [2.75, 3.05) is 13.2 Å². The van der Waals surface area contributed by atoms with Gasteiger partial charge in [-0.3, -0.25) is 0 Å². The van der Waals surface area contributed by atoms with Gasteiger partial charge < -0.3 is 29.7 Å². The van der Waals surface area contributed by atoms with Crippen molar-refractivity contribution in [2.45, 2.75) is 19.3 Å². The maximum absolute atomic E-state index is 9.07. The van der Waals surface area contributed by atoms with Crippen LogP contribution in [-0.2, 0) is 4.74 Å². The van der Waals surface area contributed by atoms with Gasteiger partial charge in [0.25, 0.3) is 0 Å². The third-order valence-corrected chi connectivity index (χ3v) is 2.99. The highest BCUT2D eigenvalue weighted by Gasteiger charge is 1.97. The molecule has 0 atom stereocenters. The second-order valence-corrected chi connectivity index (χ2v) is 4.90. The van der Waals surface area contributed by atoms with Gasteiger partial charge in [-0.25, -0.2) is 0 Å². The van der Waals surface area contributed by atoms with Crippen LogP contribution in [0.15, 0.2) is 48.5 Å². The summed E-state index contributed by atoms with van der Waals surface area (Å²) >= 11 is 0. The molecule has 0 spiro atoms. The number of phenolic OH excluding ortho intramolecular Hbond substituents is 2. The van der Waals surface area contributed by atoms with Gasteiger partial charge in [0, 0.05) is 13.2 Å². The molecule has 0 aromatic heterocycles. The number of rotatable bonds is 2. The molecule has 2 aromatic carbocycles. The molecule has 1 fully saturated rings. The van der Waals surface area contributed by atoms with Gasteiger partial charge in [0.1, 0.15) is 23.0 Å². The zero-order valence-corrected chi connectivity index (χ0v) is 13.5. The molecule has 0 bridgehead atoms. The maximum atomic E-state index is 9.07. The molecule has 1 saturated heterocycles. The number of aromatic hydroxyl groups is 2. The molecule has 1 heterocycles. The Labute approximate surface area is 142 Å². The molecule has 130 valence electrons. The van der Waals surface area contributed by atoms with E-state index in [2.05, 4.69) is 0 Å². The third kappa shape index (κ3) is 9.04. The predicted molar refractivity (Wildman–Crippen MR) is 92.5 cm³/mol. The fraction of sp³-hybridized carbons (Fsp3) is 0.294. The highest BCUT2D eigenvalue weighted by atomic mass is 16.5. The van der Waals surface area contributed by atoms with E-state index in [0.29, 0.717) is 11.5 Å². The zero-order valence-electron chi connectivity index (χ0n) is 13.5. The van der Waals surface area contributed by atoms with Crippen LogP contribution in [0.25, 0.3) is 0 Å². The first-order valence-corrected chi connectivity index (χ1v) is 7.71. The molecule has 0 aliphatic carbocycles.